The van der Waals surface area contributed by atoms with Crippen LogP contribution in [0.5, 0.6) is 0 Å². The number of furan rings is 1. The summed E-state index contributed by atoms with van der Waals surface area (Å²) >= 11 is 0. The Kier molecular flexibility index (Phi) is 0.556. The fraction of sp³-hybridized carbons (Fsp3) is 0.125. The molecule has 0 spiro atoms. The molecule has 3 heterocycles. The predicted molar refractivity (Wildman–Crippen MR) is 36.8 cm³/mol. The number of fused-ring (bicyclic) bond motifs is 1. The van der Waals surface area contributed by atoms with Crippen LogP contribution >= 0.6 is 0 Å². The minimum Gasteiger partial charge on any atom is -0.460 e. The van der Waals surface area contributed by atoms with Crippen molar-refractivity contribution >= 4 is 11.0 Å². The zero-order chi connectivity index (χ0) is 6.55. The van der Waals surface area contributed by atoms with Gasteiger partial charge < -0.3 is 4.42 Å². The van der Waals surface area contributed by atoms with E-state index in [-0.39, 0.29) is 0 Å². The average molecular weight is 131 g/mol. The molecule has 2 aromatic heterocycles. The lowest BCUT2D eigenvalue weighted by Crippen LogP contribution is -1.85. The first-order valence-electron chi connectivity index (χ1n) is 3.29. The van der Waals surface area contributed by atoms with Crippen molar-refractivity contribution in [2.75, 3.05) is 0 Å². The van der Waals surface area contributed by atoms with Gasteiger partial charge in [0.05, 0.1) is 0 Å². The van der Waals surface area contributed by atoms with Gasteiger partial charge in [-0.15, -0.1) is 0 Å². The highest BCUT2D eigenvalue weighted by Gasteiger charge is 2.16. The number of rotatable bonds is 0. The van der Waals surface area contributed by atoms with E-state index in [4.69, 9.17) is 4.42 Å². The van der Waals surface area contributed by atoms with Crippen LogP contribution < -0.4 is 0 Å². The predicted octanol–water partition coefficient (Wildman–Crippen LogP) is 1.73. The van der Waals surface area contributed by atoms with Crippen molar-refractivity contribution in [3.05, 3.63) is 29.8 Å². The highest BCUT2D eigenvalue weighted by molar-refractivity contribution is 5.82. The molecule has 0 saturated carbocycles. The highest BCUT2D eigenvalue weighted by Crippen LogP contribution is 2.30. The second-order valence-corrected chi connectivity index (χ2v) is 2.61. The van der Waals surface area contributed by atoms with Gasteiger partial charge in [-0.3, -0.25) is 4.98 Å². The van der Waals surface area contributed by atoms with E-state index in [0.29, 0.717) is 0 Å². The molecule has 2 aromatic rings. The first-order chi connectivity index (χ1) is 4.93. The fourth-order valence-corrected chi connectivity index (χ4v) is 1.47. The van der Waals surface area contributed by atoms with Crippen LogP contribution in [0.25, 0.3) is 11.0 Å². The first kappa shape index (κ1) is 4.50. The molecule has 0 aliphatic carbocycles. The number of nitrogens with zero attached hydrogens (tertiary/aromatic N) is 1. The number of aromatic nitrogens is 1. The molecule has 2 nitrogen and oxygen atoms in total. The lowest BCUT2D eigenvalue weighted by molar-refractivity contribution is 0.591. The van der Waals surface area contributed by atoms with Crippen LogP contribution in [0.3, 0.4) is 0 Å². The standard InChI is InChI=1S/C8H5NO/c1-5-3-9-4-6-2-7(1)10-8(5)6/h1,3-4H,2H2. The first-order valence-corrected chi connectivity index (χ1v) is 3.29. The van der Waals surface area contributed by atoms with Crippen molar-refractivity contribution in [2.24, 2.45) is 0 Å². The maximum atomic E-state index is 5.42. The van der Waals surface area contributed by atoms with Crippen LogP contribution in [-0.2, 0) is 6.42 Å². The lowest BCUT2D eigenvalue weighted by atomic mass is 10.1. The third-order valence-electron chi connectivity index (χ3n) is 1.91. The van der Waals surface area contributed by atoms with E-state index in [9.17, 15) is 0 Å². The molecule has 0 atom stereocenters. The zero-order valence-electron chi connectivity index (χ0n) is 5.29. The molecule has 48 valence electrons. The summed E-state index contributed by atoms with van der Waals surface area (Å²) in [6.07, 6.45) is 4.65. The summed E-state index contributed by atoms with van der Waals surface area (Å²) in [5.74, 6) is 1.07. The van der Waals surface area contributed by atoms with Gasteiger partial charge in [0, 0.05) is 29.8 Å². The topological polar surface area (TPSA) is 26.0 Å². The van der Waals surface area contributed by atoms with Crippen LogP contribution in [0.4, 0.5) is 0 Å². The van der Waals surface area contributed by atoms with E-state index in [1.165, 1.54) is 5.56 Å². The van der Waals surface area contributed by atoms with E-state index in [1.54, 1.807) is 0 Å². The Morgan fingerprint density at radius 2 is 2.40 bits per heavy atom. The van der Waals surface area contributed by atoms with Gasteiger partial charge >= 0.3 is 0 Å². The van der Waals surface area contributed by atoms with Crippen LogP contribution in [0.15, 0.2) is 22.9 Å². The van der Waals surface area contributed by atoms with Crippen molar-refractivity contribution in [3.8, 4) is 0 Å². The number of hydrogen-bond acceptors (Lipinski definition) is 2. The smallest absolute Gasteiger partial charge is 0.141 e. The van der Waals surface area contributed by atoms with E-state index in [0.717, 1.165) is 23.2 Å². The van der Waals surface area contributed by atoms with Gasteiger partial charge in [0.1, 0.15) is 11.3 Å². The molecule has 1 aliphatic rings. The number of pyridine rings is 1. The van der Waals surface area contributed by atoms with Crippen LogP contribution in [0.1, 0.15) is 11.3 Å². The van der Waals surface area contributed by atoms with Gasteiger partial charge in [0.25, 0.3) is 0 Å². The average Bonchev–Trinajstić information content (AvgIpc) is 2.40. The fourth-order valence-electron chi connectivity index (χ4n) is 1.47. The Balaban J connectivity index is 2.69. The summed E-state index contributed by atoms with van der Waals surface area (Å²) in [6, 6.07) is 2.05. The molecule has 1 aliphatic heterocycles. The summed E-state index contributed by atoms with van der Waals surface area (Å²) < 4.78 is 5.42. The molecule has 2 heteroatoms. The Labute approximate surface area is 57.5 Å². The summed E-state index contributed by atoms with van der Waals surface area (Å²) in [5.41, 5.74) is 2.26. The summed E-state index contributed by atoms with van der Waals surface area (Å²) in [6.45, 7) is 0. The molecular formula is C8H5NO. The van der Waals surface area contributed by atoms with Crippen LogP contribution in [0.2, 0.25) is 0 Å². The molecule has 0 unspecified atom stereocenters. The maximum Gasteiger partial charge on any atom is 0.141 e. The molecule has 0 aromatic carbocycles. The third-order valence-corrected chi connectivity index (χ3v) is 1.91. The van der Waals surface area contributed by atoms with Gasteiger partial charge in [-0.2, -0.15) is 0 Å². The lowest BCUT2D eigenvalue weighted by Gasteiger charge is -1.93. The van der Waals surface area contributed by atoms with E-state index >= 15 is 0 Å². The Morgan fingerprint density at radius 3 is 3.10 bits per heavy atom. The largest absolute Gasteiger partial charge is 0.460 e. The van der Waals surface area contributed by atoms with Gasteiger partial charge in [-0.1, -0.05) is 0 Å². The summed E-state index contributed by atoms with van der Waals surface area (Å²) in [5, 5.41) is 1.14. The Hall–Kier alpha value is -1.31. The maximum absolute atomic E-state index is 5.42. The second-order valence-electron chi connectivity index (χ2n) is 2.61. The van der Waals surface area contributed by atoms with Gasteiger partial charge in [0.15, 0.2) is 0 Å². The van der Waals surface area contributed by atoms with Crippen molar-refractivity contribution in [1.82, 2.24) is 4.98 Å². The summed E-state index contributed by atoms with van der Waals surface area (Å²) in [7, 11) is 0. The monoisotopic (exact) mass is 131 g/mol. The SMILES string of the molecule is c1ncc2cc3oc2c1C3. The zero-order valence-corrected chi connectivity index (χ0v) is 5.29. The molecule has 0 radical (unpaired) electrons. The molecule has 0 amide bonds. The van der Waals surface area contributed by atoms with E-state index in [1.807, 2.05) is 12.4 Å². The molecule has 0 saturated heterocycles. The highest BCUT2D eigenvalue weighted by atomic mass is 16.3. The molecule has 0 N–H and O–H groups in total. The van der Waals surface area contributed by atoms with Gasteiger partial charge in [0.2, 0.25) is 0 Å². The normalized spacial score (nSPS) is 13.6. The Bertz CT molecular complexity index is 399. The number of hydrogen-bond donors (Lipinski definition) is 0. The Morgan fingerprint density at radius 1 is 1.40 bits per heavy atom. The van der Waals surface area contributed by atoms with Gasteiger partial charge in [-0.25, -0.2) is 0 Å². The van der Waals surface area contributed by atoms with Crippen molar-refractivity contribution in [2.45, 2.75) is 6.42 Å². The van der Waals surface area contributed by atoms with Crippen LogP contribution in [-0.4, -0.2) is 4.98 Å². The minimum absolute atomic E-state index is 0.941. The summed E-state index contributed by atoms with van der Waals surface area (Å²) in [4.78, 5) is 4.07. The van der Waals surface area contributed by atoms with E-state index < -0.39 is 0 Å². The third kappa shape index (κ3) is 0.355. The van der Waals surface area contributed by atoms with Crippen molar-refractivity contribution in [1.29, 1.82) is 0 Å². The molecule has 0 fully saturated rings. The van der Waals surface area contributed by atoms with Crippen molar-refractivity contribution in [3.63, 3.8) is 0 Å². The molecular weight excluding hydrogens is 126 g/mol. The van der Waals surface area contributed by atoms with Crippen molar-refractivity contribution < 1.29 is 4.42 Å². The molecule has 10 heavy (non-hydrogen) atoms. The van der Waals surface area contributed by atoms with Crippen LogP contribution in [0, 0.1) is 0 Å². The second kappa shape index (κ2) is 1.24. The van der Waals surface area contributed by atoms with Gasteiger partial charge in [-0.05, 0) is 6.07 Å². The minimum atomic E-state index is 0.941. The quantitative estimate of drug-likeness (QED) is 0.464. The molecule has 2 bridgehead atoms. The van der Waals surface area contributed by atoms with E-state index in [2.05, 4.69) is 11.1 Å². The molecule has 3 rings (SSSR count).